The number of rotatable bonds is 5. The molecule has 0 aromatic carbocycles. The molecule has 0 bridgehead atoms. The van der Waals surface area contributed by atoms with E-state index in [0.29, 0.717) is 22.3 Å². The molecule has 120 valence electrons. The summed E-state index contributed by atoms with van der Waals surface area (Å²) >= 11 is 0. The summed E-state index contributed by atoms with van der Waals surface area (Å²) in [6.45, 7) is 5.82. The van der Waals surface area contributed by atoms with Crippen molar-refractivity contribution in [2.24, 2.45) is 5.92 Å². The summed E-state index contributed by atoms with van der Waals surface area (Å²) in [5, 5.41) is 16.4. The Morgan fingerprint density at radius 3 is 2.74 bits per heavy atom. The van der Waals surface area contributed by atoms with Gasteiger partial charge in [0.05, 0.1) is 18.3 Å². The maximum absolute atomic E-state index is 12.6. The van der Waals surface area contributed by atoms with Crippen molar-refractivity contribution >= 4 is 22.7 Å². The standard InChI is InChI=1S/C16H19N5O2/c1-5-10(3)21-15-13(8-19-21)11(6-9(2)20-15)14(22)12(7-17)16(23)18-4/h6,8,10,12H,5H2,1-4H3,(H,18,23)/t10-,12-/m0/s1. The lowest BCUT2D eigenvalue weighted by molar-refractivity contribution is -0.121. The fraction of sp³-hybridized carbons (Fsp3) is 0.438. The van der Waals surface area contributed by atoms with Gasteiger partial charge in [0.15, 0.2) is 17.3 Å². The number of hydrogen-bond donors (Lipinski definition) is 1. The number of carbonyl (C=O) groups is 2. The monoisotopic (exact) mass is 313 g/mol. The van der Waals surface area contributed by atoms with Gasteiger partial charge in [0.2, 0.25) is 5.91 Å². The molecule has 0 radical (unpaired) electrons. The molecule has 2 heterocycles. The van der Waals surface area contributed by atoms with E-state index in [9.17, 15) is 9.59 Å². The number of carbonyl (C=O) groups excluding carboxylic acids is 2. The van der Waals surface area contributed by atoms with Crippen molar-refractivity contribution in [3.63, 3.8) is 0 Å². The van der Waals surface area contributed by atoms with E-state index in [-0.39, 0.29) is 6.04 Å². The first-order valence-corrected chi connectivity index (χ1v) is 7.44. The number of pyridine rings is 1. The molecule has 0 unspecified atom stereocenters. The van der Waals surface area contributed by atoms with Gasteiger partial charge in [-0.15, -0.1) is 0 Å². The zero-order valence-electron chi connectivity index (χ0n) is 13.6. The Morgan fingerprint density at radius 2 is 2.17 bits per heavy atom. The van der Waals surface area contributed by atoms with Crippen molar-refractivity contribution in [2.75, 3.05) is 7.05 Å². The Labute approximate surface area is 134 Å². The van der Waals surface area contributed by atoms with E-state index in [2.05, 4.69) is 15.4 Å². The first-order chi connectivity index (χ1) is 10.9. The van der Waals surface area contributed by atoms with Crippen molar-refractivity contribution < 1.29 is 9.59 Å². The van der Waals surface area contributed by atoms with Crippen LogP contribution in [0.15, 0.2) is 12.3 Å². The molecule has 1 amide bonds. The predicted molar refractivity (Wildman–Crippen MR) is 84.8 cm³/mol. The van der Waals surface area contributed by atoms with Crippen molar-refractivity contribution in [2.45, 2.75) is 33.2 Å². The average Bonchev–Trinajstić information content (AvgIpc) is 2.97. The van der Waals surface area contributed by atoms with Gasteiger partial charge in [-0.1, -0.05) is 6.92 Å². The number of aromatic nitrogens is 3. The molecule has 0 aliphatic rings. The second kappa shape index (κ2) is 6.57. The number of hydrogen-bond acceptors (Lipinski definition) is 5. The van der Waals surface area contributed by atoms with Crippen LogP contribution >= 0.6 is 0 Å². The number of Topliss-reactive ketones (excluding diaryl/α,β-unsaturated/α-hetero) is 1. The molecular formula is C16H19N5O2. The van der Waals surface area contributed by atoms with Crippen LogP contribution in [0.4, 0.5) is 0 Å². The first kappa shape index (κ1) is 16.6. The predicted octanol–water partition coefficient (Wildman–Crippen LogP) is 1.78. The molecule has 0 saturated heterocycles. The Morgan fingerprint density at radius 1 is 1.48 bits per heavy atom. The van der Waals surface area contributed by atoms with Gasteiger partial charge in [0, 0.05) is 23.7 Å². The van der Waals surface area contributed by atoms with Gasteiger partial charge in [-0.25, -0.2) is 9.67 Å². The van der Waals surface area contributed by atoms with Crippen molar-refractivity contribution in [3.05, 3.63) is 23.5 Å². The number of ketones is 1. The van der Waals surface area contributed by atoms with E-state index in [0.717, 1.165) is 6.42 Å². The van der Waals surface area contributed by atoms with Crippen LogP contribution in [0.25, 0.3) is 11.0 Å². The van der Waals surface area contributed by atoms with Crippen molar-refractivity contribution in [1.82, 2.24) is 20.1 Å². The SMILES string of the molecule is CC[C@H](C)n1ncc2c(C(=O)[C@H](C#N)C(=O)NC)cc(C)nc21. The molecule has 7 nitrogen and oxygen atoms in total. The Hall–Kier alpha value is -2.75. The van der Waals surface area contributed by atoms with Gasteiger partial charge in [0.1, 0.15) is 0 Å². The lowest BCUT2D eigenvalue weighted by Gasteiger charge is -2.12. The van der Waals surface area contributed by atoms with Gasteiger partial charge < -0.3 is 5.32 Å². The second-order valence-corrected chi connectivity index (χ2v) is 5.44. The molecule has 0 spiro atoms. The Bertz CT molecular complexity index is 803. The summed E-state index contributed by atoms with van der Waals surface area (Å²) in [6, 6.07) is 3.50. The number of nitrogens with zero attached hydrogens (tertiary/aromatic N) is 4. The summed E-state index contributed by atoms with van der Waals surface area (Å²) in [7, 11) is 1.40. The maximum atomic E-state index is 12.6. The van der Waals surface area contributed by atoms with Gasteiger partial charge in [0.25, 0.3) is 0 Å². The smallest absolute Gasteiger partial charge is 0.245 e. The van der Waals surface area contributed by atoms with Crippen LogP contribution < -0.4 is 5.32 Å². The van der Waals surface area contributed by atoms with Gasteiger partial charge in [-0.3, -0.25) is 9.59 Å². The van der Waals surface area contributed by atoms with Crippen LogP contribution in [-0.4, -0.2) is 33.5 Å². The van der Waals surface area contributed by atoms with E-state index >= 15 is 0 Å². The molecule has 7 heteroatoms. The Kier molecular flexibility index (Phi) is 4.74. The van der Waals surface area contributed by atoms with Crippen LogP contribution in [0.3, 0.4) is 0 Å². The van der Waals surface area contributed by atoms with Crippen LogP contribution in [0.1, 0.15) is 42.4 Å². The zero-order valence-corrected chi connectivity index (χ0v) is 13.6. The third-order valence-corrected chi connectivity index (χ3v) is 3.87. The molecular weight excluding hydrogens is 294 g/mol. The number of nitrogens with one attached hydrogen (secondary N) is 1. The highest BCUT2D eigenvalue weighted by Gasteiger charge is 2.29. The molecule has 1 N–H and O–H groups in total. The molecule has 0 fully saturated rings. The van der Waals surface area contributed by atoms with E-state index < -0.39 is 17.6 Å². The third kappa shape index (κ3) is 2.93. The van der Waals surface area contributed by atoms with E-state index in [1.807, 2.05) is 13.8 Å². The minimum Gasteiger partial charge on any atom is -0.358 e. The van der Waals surface area contributed by atoms with Crippen molar-refractivity contribution in [3.8, 4) is 6.07 Å². The highest BCUT2D eigenvalue weighted by molar-refractivity contribution is 6.16. The average molecular weight is 313 g/mol. The highest BCUT2D eigenvalue weighted by atomic mass is 16.2. The van der Waals surface area contributed by atoms with Gasteiger partial charge in [-0.2, -0.15) is 10.4 Å². The molecule has 2 atom stereocenters. The van der Waals surface area contributed by atoms with E-state index in [1.54, 1.807) is 29.9 Å². The second-order valence-electron chi connectivity index (χ2n) is 5.44. The highest BCUT2D eigenvalue weighted by Crippen LogP contribution is 2.24. The molecule has 0 aliphatic heterocycles. The quantitative estimate of drug-likeness (QED) is 0.670. The fourth-order valence-corrected chi connectivity index (χ4v) is 2.38. The maximum Gasteiger partial charge on any atom is 0.245 e. The van der Waals surface area contributed by atoms with Crippen LogP contribution in [-0.2, 0) is 4.79 Å². The third-order valence-electron chi connectivity index (χ3n) is 3.87. The lowest BCUT2D eigenvalue weighted by atomic mass is 9.96. The zero-order chi connectivity index (χ0) is 17.1. The van der Waals surface area contributed by atoms with Crippen LogP contribution in [0, 0.1) is 24.2 Å². The van der Waals surface area contributed by atoms with E-state index in [4.69, 9.17) is 5.26 Å². The largest absolute Gasteiger partial charge is 0.358 e. The molecule has 2 aromatic rings. The topological polar surface area (TPSA) is 101 Å². The summed E-state index contributed by atoms with van der Waals surface area (Å²) in [4.78, 5) is 28.9. The minimum atomic E-state index is -1.38. The summed E-state index contributed by atoms with van der Waals surface area (Å²) in [5.41, 5.74) is 1.54. The Balaban J connectivity index is 2.62. The molecule has 23 heavy (non-hydrogen) atoms. The molecule has 2 aromatic heterocycles. The number of aryl methyl sites for hydroxylation is 1. The van der Waals surface area contributed by atoms with Crippen molar-refractivity contribution in [1.29, 1.82) is 5.26 Å². The summed E-state index contributed by atoms with van der Waals surface area (Å²) in [5.74, 6) is -2.53. The summed E-state index contributed by atoms with van der Waals surface area (Å²) in [6.07, 6.45) is 2.44. The summed E-state index contributed by atoms with van der Waals surface area (Å²) < 4.78 is 1.76. The van der Waals surface area contributed by atoms with Crippen LogP contribution in [0.5, 0.6) is 0 Å². The van der Waals surface area contributed by atoms with Crippen LogP contribution in [0.2, 0.25) is 0 Å². The molecule has 2 rings (SSSR count). The number of amides is 1. The normalized spacial score (nSPS) is 13.3. The van der Waals surface area contributed by atoms with Gasteiger partial charge >= 0.3 is 0 Å². The minimum absolute atomic E-state index is 0.135. The van der Waals surface area contributed by atoms with E-state index in [1.165, 1.54) is 7.05 Å². The fourth-order valence-electron chi connectivity index (χ4n) is 2.38. The molecule has 0 aliphatic carbocycles. The molecule has 0 saturated carbocycles. The lowest BCUT2D eigenvalue weighted by Crippen LogP contribution is -2.32. The van der Waals surface area contributed by atoms with Gasteiger partial charge in [-0.05, 0) is 26.3 Å². The first-order valence-electron chi connectivity index (χ1n) is 7.44. The number of fused-ring (bicyclic) bond motifs is 1. The number of nitriles is 1.